The quantitative estimate of drug-likeness (QED) is 0.373. The van der Waals surface area contributed by atoms with Crippen LogP contribution in [0.15, 0.2) is 35.9 Å². The van der Waals surface area contributed by atoms with Crippen LogP contribution in [0.1, 0.15) is 74.5 Å². The van der Waals surface area contributed by atoms with E-state index in [0.29, 0.717) is 48.0 Å². The lowest BCUT2D eigenvalue weighted by molar-refractivity contribution is 0.0841. The third kappa shape index (κ3) is 5.18. The van der Waals surface area contributed by atoms with Gasteiger partial charge in [0, 0.05) is 11.6 Å². The number of fused-ring (bicyclic) bond motifs is 1. The average molecular weight is 441 g/mol. The summed E-state index contributed by atoms with van der Waals surface area (Å²) in [5, 5.41) is 19.5. The predicted octanol–water partition coefficient (Wildman–Crippen LogP) is 5.89. The normalized spacial score (nSPS) is 15.0. The van der Waals surface area contributed by atoms with Crippen molar-refractivity contribution in [2.75, 3.05) is 13.2 Å². The first kappa shape index (κ1) is 23.5. The van der Waals surface area contributed by atoms with Crippen LogP contribution in [-0.2, 0) is 6.42 Å². The van der Waals surface area contributed by atoms with Gasteiger partial charge in [-0.3, -0.25) is 4.79 Å². The fourth-order valence-electron chi connectivity index (χ4n) is 3.61. The van der Waals surface area contributed by atoms with Gasteiger partial charge >= 0.3 is 0 Å². The van der Waals surface area contributed by atoms with E-state index in [2.05, 4.69) is 6.08 Å². The monoisotopic (exact) mass is 440 g/mol. The number of hydrogen-bond acceptors (Lipinski definition) is 6. The number of phenols is 2. The maximum Gasteiger partial charge on any atom is 0.174 e. The van der Waals surface area contributed by atoms with Crippen LogP contribution in [0.25, 0.3) is 0 Å². The van der Waals surface area contributed by atoms with E-state index in [-0.39, 0.29) is 23.7 Å². The first-order valence-electron chi connectivity index (χ1n) is 11.2. The first-order chi connectivity index (χ1) is 15.3. The summed E-state index contributed by atoms with van der Waals surface area (Å²) in [4.78, 5) is 13.3. The summed E-state index contributed by atoms with van der Waals surface area (Å²) >= 11 is 0. The summed E-state index contributed by atoms with van der Waals surface area (Å²) in [5.74, 6) is 1.04. The summed E-state index contributed by atoms with van der Waals surface area (Å²) in [6.07, 6.45) is 3.87. The van der Waals surface area contributed by atoms with Crippen LogP contribution in [0.3, 0.4) is 0 Å². The molecule has 2 aromatic rings. The number of carbonyl (C=O) groups excluding carboxylic acids is 1. The van der Waals surface area contributed by atoms with Crippen molar-refractivity contribution >= 4 is 5.78 Å². The lowest BCUT2D eigenvalue weighted by Crippen LogP contribution is -2.22. The largest absolute Gasteiger partial charge is 0.504 e. The molecule has 172 valence electrons. The third-order valence-electron chi connectivity index (χ3n) is 5.22. The van der Waals surface area contributed by atoms with Crippen LogP contribution in [0.4, 0.5) is 0 Å². The maximum absolute atomic E-state index is 13.3. The maximum atomic E-state index is 13.3. The molecule has 0 radical (unpaired) electrons. The highest BCUT2D eigenvalue weighted by atomic mass is 16.5. The number of hydrogen-bond donors (Lipinski definition) is 2. The Labute approximate surface area is 189 Å². The Morgan fingerprint density at radius 3 is 2.47 bits per heavy atom. The lowest BCUT2D eigenvalue weighted by atomic mass is 9.92. The van der Waals surface area contributed by atoms with Crippen molar-refractivity contribution in [3.63, 3.8) is 0 Å². The molecule has 0 spiro atoms. The van der Waals surface area contributed by atoms with E-state index >= 15 is 0 Å². The molecule has 32 heavy (non-hydrogen) atoms. The van der Waals surface area contributed by atoms with Crippen molar-refractivity contribution in [3.05, 3.63) is 52.6 Å². The van der Waals surface area contributed by atoms with Gasteiger partial charge in [-0.25, -0.2) is 0 Å². The van der Waals surface area contributed by atoms with Crippen LogP contribution >= 0.6 is 0 Å². The zero-order valence-corrected chi connectivity index (χ0v) is 19.2. The van der Waals surface area contributed by atoms with E-state index in [1.54, 1.807) is 12.1 Å². The molecule has 0 saturated heterocycles. The van der Waals surface area contributed by atoms with Crippen molar-refractivity contribution in [2.45, 2.75) is 59.5 Å². The highest BCUT2D eigenvalue weighted by Gasteiger charge is 2.34. The smallest absolute Gasteiger partial charge is 0.174 e. The number of allylic oxidation sites excluding steroid dienone is 2. The van der Waals surface area contributed by atoms with Gasteiger partial charge in [0.15, 0.2) is 17.3 Å². The predicted molar refractivity (Wildman–Crippen MR) is 123 cm³/mol. The molecule has 1 atom stereocenters. The Morgan fingerprint density at radius 1 is 1.09 bits per heavy atom. The summed E-state index contributed by atoms with van der Waals surface area (Å²) in [6.45, 7) is 9.14. The van der Waals surface area contributed by atoms with Gasteiger partial charge in [0.1, 0.15) is 28.9 Å². The molecule has 0 aliphatic carbocycles. The highest BCUT2D eigenvalue weighted by molar-refractivity contribution is 6.03. The van der Waals surface area contributed by atoms with E-state index in [1.807, 2.05) is 27.7 Å². The summed E-state index contributed by atoms with van der Waals surface area (Å²) in [6, 6.07) is 6.24. The molecule has 3 rings (SSSR count). The molecule has 1 heterocycles. The zero-order valence-electron chi connectivity index (χ0n) is 19.2. The van der Waals surface area contributed by atoms with Gasteiger partial charge in [0.05, 0.1) is 19.6 Å². The molecule has 0 bridgehead atoms. The topological polar surface area (TPSA) is 85.2 Å². The Balaban J connectivity index is 2.10. The Kier molecular flexibility index (Phi) is 7.67. The van der Waals surface area contributed by atoms with Gasteiger partial charge in [-0.2, -0.15) is 0 Å². The third-order valence-corrected chi connectivity index (χ3v) is 5.22. The summed E-state index contributed by atoms with van der Waals surface area (Å²) < 4.78 is 18.4. The number of rotatable bonds is 9. The number of ketones is 1. The standard InChI is InChI=1S/C26H32O6/c1-5-11-30-23-15-24-25(26(31-12-6-2)18(23)9-7-16(3)4)21(29)14-22(32-24)17-8-10-19(27)20(28)13-17/h7-8,10,13,15,22,27-28H,5-6,9,11-12,14H2,1-4H3/t22-/m0/s1. The second-order valence-electron chi connectivity index (χ2n) is 8.22. The second-order valence-corrected chi connectivity index (χ2v) is 8.22. The number of aromatic hydroxyl groups is 2. The molecule has 1 aliphatic heterocycles. The number of benzene rings is 2. The number of ether oxygens (including phenoxy) is 3. The van der Waals surface area contributed by atoms with Crippen molar-refractivity contribution in [2.24, 2.45) is 0 Å². The van der Waals surface area contributed by atoms with E-state index < -0.39 is 6.10 Å². The molecule has 0 aromatic heterocycles. The molecule has 0 amide bonds. The lowest BCUT2D eigenvalue weighted by Gasteiger charge is -2.29. The van der Waals surface area contributed by atoms with Crippen LogP contribution < -0.4 is 14.2 Å². The summed E-state index contributed by atoms with van der Waals surface area (Å²) in [7, 11) is 0. The minimum absolute atomic E-state index is 0.0876. The number of carbonyl (C=O) groups is 1. The van der Waals surface area contributed by atoms with Gasteiger partial charge in [-0.15, -0.1) is 0 Å². The molecule has 2 aromatic carbocycles. The van der Waals surface area contributed by atoms with Crippen LogP contribution in [0.2, 0.25) is 0 Å². The van der Waals surface area contributed by atoms with Gasteiger partial charge in [-0.1, -0.05) is 31.6 Å². The van der Waals surface area contributed by atoms with E-state index in [4.69, 9.17) is 14.2 Å². The van der Waals surface area contributed by atoms with Crippen LogP contribution in [0.5, 0.6) is 28.7 Å². The van der Waals surface area contributed by atoms with Crippen molar-refractivity contribution < 1.29 is 29.2 Å². The number of Topliss-reactive ketones (excluding diaryl/α,β-unsaturated/α-hetero) is 1. The van der Waals surface area contributed by atoms with E-state index in [9.17, 15) is 15.0 Å². The Hall–Kier alpha value is -3.15. The Bertz CT molecular complexity index is 1000. The van der Waals surface area contributed by atoms with E-state index in [1.165, 1.54) is 17.7 Å². The van der Waals surface area contributed by atoms with E-state index in [0.717, 1.165) is 18.4 Å². The summed E-state index contributed by atoms with van der Waals surface area (Å²) in [5.41, 5.74) is 3.07. The molecule has 6 nitrogen and oxygen atoms in total. The minimum atomic E-state index is -0.580. The molecular formula is C26H32O6. The van der Waals surface area contributed by atoms with Crippen molar-refractivity contribution in [1.82, 2.24) is 0 Å². The minimum Gasteiger partial charge on any atom is -0.504 e. The molecule has 0 fully saturated rings. The number of phenolic OH excluding ortho intramolecular Hbond substituents is 2. The van der Waals surface area contributed by atoms with Crippen LogP contribution in [0, 0.1) is 0 Å². The van der Waals surface area contributed by atoms with Gasteiger partial charge < -0.3 is 24.4 Å². The van der Waals surface area contributed by atoms with Gasteiger partial charge in [0.25, 0.3) is 0 Å². The zero-order chi connectivity index (χ0) is 23.3. The molecule has 0 unspecified atom stereocenters. The SMILES string of the molecule is CCCOc1cc2c(c(OCCC)c1CC=C(C)C)C(=O)C[C@@H](c1ccc(O)c(O)c1)O2. The van der Waals surface area contributed by atoms with Gasteiger partial charge in [0.2, 0.25) is 0 Å². The molecular weight excluding hydrogens is 408 g/mol. The highest BCUT2D eigenvalue weighted by Crippen LogP contribution is 2.46. The molecule has 2 N–H and O–H groups in total. The van der Waals surface area contributed by atoms with Crippen molar-refractivity contribution in [3.8, 4) is 28.7 Å². The van der Waals surface area contributed by atoms with Gasteiger partial charge in [-0.05, 0) is 50.8 Å². The molecule has 6 heteroatoms. The fraction of sp³-hybridized carbons (Fsp3) is 0.423. The molecule has 1 aliphatic rings. The Morgan fingerprint density at radius 2 is 1.81 bits per heavy atom. The van der Waals surface area contributed by atoms with Crippen molar-refractivity contribution in [1.29, 1.82) is 0 Å². The fourth-order valence-corrected chi connectivity index (χ4v) is 3.61. The van der Waals surface area contributed by atoms with Crippen LogP contribution in [-0.4, -0.2) is 29.2 Å². The average Bonchev–Trinajstić information content (AvgIpc) is 2.76. The first-order valence-corrected chi connectivity index (χ1v) is 11.2. The molecule has 0 saturated carbocycles. The second kappa shape index (κ2) is 10.4.